The molecule has 6 aromatic carbocycles. The Morgan fingerprint density at radius 2 is 1.12 bits per heavy atom. The van der Waals surface area contributed by atoms with Crippen LogP contribution in [0.3, 0.4) is 0 Å². The first-order valence-corrected chi connectivity index (χ1v) is 16.8. The maximum Gasteiger partial charge on any atom is 0.228 e. The van der Waals surface area contributed by atoms with Gasteiger partial charge in [0.15, 0.2) is 5.82 Å². The van der Waals surface area contributed by atoms with E-state index in [9.17, 15) is 0 Å². The third-order valence-electron chi connectivity index (χ3n) is 9.13. The monoisotopic (exact) mass is 631 g/mol. The van der Waals surface area contributed by atoms with Gasteiger partial charge in [-0.15, -0.1) is 11.3 Å². The molecule has 4 nitrogen and oxygen atoms in total. The molecule has 0 bridgehead atoms. The van der Waals surface area contributed by atoms with Crippen molar-refractivity contribution in [2.75, 3.05) is 0 Å². The van der Waals surface area contributed by atoms with Crippen molar-refractivity contribution in [2.45, 2.75) is 0 Å². The Morgan fingerprint density at radius 1 is 0.458 bits per heavy atom. The summed E-state index contributed by atoms with van der Waals surface area (Å²) in [6.45, 7) is 0. The second-order valence-corrected chi connectivity index (χ2v) is 13.0. The van der Waals surface area contributed by atoms with Crippen molar-refractivity contribution in [1.82, 2.24) is 15.0 Å². The van der Waals surface area contributed by atoms with Gasteiger partial charge in [0, 0.05) is 53.2 Å². The fraction of sp³-hybridized carbons (Fsp3) is 0. The summed E-state index contributed by atoms with van der Waals surface area (Å²) in [6, 6.07) is 52.6. The highest BCUT2D eigenvalue weighted by atomic mass is 32.1. The number of para-hydroxylation sites is 1. The maximum absolute atomic E-state index is 6.25. The molecule has 0 atom stereocenters. The summed E-state index contributed by atoms with van der Waals surface area (Å²) >= 11 is 1.81. The van der Waals surface area contributed by atoms with E-state index < -0.39 is 0 Å². The number of thiophene rings is 1. The van der Waals surface area contributed by atoms with Gasteiger partial charge in [0.05, 0.1) is 22.5 Å². The summed E-state index contributed by atoms with van der Waals surface area (Å²) in [5, 5.41) is 6.89. The zero-order chi connectivity index (χ0) is 31.6. The van der Waals surface area contributed by atoms with Crippen LogP contribution in [0.25, 0.3) is 98.2 Å². The van der Waals surface area contributed by atoms with Crippen LogP contribution in [0.5, 0.6) is 0 Å². The molecule has 0 amide bonds. The Morgan fingerprint density at radius 3 is 1.98 bits per heavy atom. The molecule has 10 aromatic rings. The van der Waals surface area contributed by atoms with Crippen molar-refractivity contribution in [2.24, 2.45) is 0 Å². The molecular weight excluding hydrogens is 607 g/mol. The SMILES string of the molecule is c1ccc(-c2nc(-c3ccc(-c4nc5oc6ccccc6c5c5ccccc45)cc3)cc(-c3cccc4c3sc3ccccc34)n2)cc1. The average molecular weight is 632 g/mol. The lowest BCUT2D eigenvalue weighted by atomic mass is 9.99. The highest BCUT2D eigenvalue weighted by Crippen LogP contribution is 2.41. The van der Waals surface area contributed by atoms with Gasteiger partial charge < -0.3 is 4.42 Å². The summed E-state index contributed by atoms with van der Waals surface area (Å²) < 4.78 is 8.75. The van der Waals surface area contributed by atoms with Gasteiger partial charge >= 0.3 is 0 Å². The molecule has 224 valence electrons. The predicted octanol–water partition coefficient (Wildman–Crippen LogP) is 12.0. The number of fused-ring (bicyclic) bond motifs is 8. The van der Waals surface area contributed by atoms with E-state index in [1.807, 2.05) is 47.7 Å². The second-order valence-electron chi connectivity index (χ2n) is 12.0. The van der Waals surface area contributed by atoms with Crippen molar-refractivity contribution < 1.29 is 4.42 Å². The van der Waals surface area contributed by atoms with Crippen LogP contribution < -0.4 is 0 Å². The second kappa shape index (κ2) is 10.7. The molecule has 0 spiro atoms. The Hall–Kier alpha value is -6.17. The number of hydrogen-bond donors (Lipinski definition) is 0. The van der Waals surface area contributed by atoms with Crippen LogP contribution in [0.15, 0.2) is 156 Å². The highest BCUT2D eigenvalue weighted by Gasteiger charge is 2.18. The Labute approximate surface area is 279 Å². The standard InChI is InChI=1S/C43H25N3OS/c1-2-11-28(12-3-1)42-44-35(25-36(45-42)33-18-10-17-32-29-13-7-9-20-38(29)48-41(32)33)26-21-23-27(24-22-26)40-31-15-5-4-14-30(31)39-34-16-6-8-19-37(34)47-43(39)46-40/h1-25H. The first-order chi connectivity index (χ1) is 23.8. The van der Waals surface area contributed by atoms with Gasteiger partial charge in [-0.3, -0.25) is 0 Å². The van der Waals surface area contributed by atoms with Crippen LogP contribution in [0.2, 0.25) is 0 Å². The summed E-state index contributed by atoms with van der Waals surface area (Å²) in [5.74, 6) is 0.702. The number of aromatic nitrogens is 3. The van der Waals surface area contributed by atoms with Gasteiger partial charge in [0.25, 0.3) is 0 Å². The van der Waals surface area contributed by atoms with Crippen molar-refractivity contribution in [3.05, 3.63) is 152 Å². The van der Waals surface area contributed by atoms with Gasteiger partial charge in [-0.2, -0.15) is 0 Å². The molecule has 0 fully saturated rings. The minimum atomic E-state index is 0.650. The van der Waals surface area contributed by atoms with E-state index in [0.717, 1.165) is 66.5 Å². The molecule has 0 saturated carbocycles. The largest absolute Gasteiger partial charge is 0.438 e. The Bertz CT molecular complexity index is 2830. The lowest BCUT2D eigenvalue weighted by Crippen LogP contribution is -1.96. The quantitative estimate of drug-likeness (QED) is 0.194. The van der Waals surface area contributed by atoms with Crippen LogP contribution in [0.4, 0.5) is 0 Å². The van der Waals surface area contributed by atoms with Crippen LogP contribution in [-0.2, 0) is 0 Å². The lowest BCUT2D eigenvalue weighted by molar-refractivity contribution is 0.655. The fourth-order valence-corrected chi connectivity index (χ4v) is 8.08. The first-order valence-electron chi connectivity index (χ1n) is 15.9. The average Bonchev–Trinajstić information content (AvgIpc) is 3.73. The van der Waals surface area contributed by atoms with Crippen molar-refractivity contribution in [3.8, 4) is 45.2 Å². The van der Waals surface area contributed by atoms with Crippen LogP contribution in [0.1, 0.15) is 0 Å². The maximum atomic E-state index is 6.25. The molecular formula is C43H25N3OS. The van der Waals surface area contributed by atoms with E-state index >= 15 is 0 Å². The third kappa shape index (κ3) is 4.25. The number of hydrogen-bond acceptors (Lipinski definition) is 5. The smallest absolute Gasteiger partial charge is 0.228 e. The number of benzene rings is 6. The summed E-state index contributed by atoms with van der Waals surface area (Å²) in [4.78, 5) is 15.3. The van der Waals surface area contributed by atoms with Gasteiger partial charge in [-0.25, -0.2) is 15.0 Å². The summed E-state index contributed by atoms with van der Waals surface area (Å²) in [7, 11) is 0. The Balaban J connectivity index is 1.13. The zero-order valence-corrected chi connectivity index (χ0v) is 26.4. The van der Waals surface area contributed by atoms with Crippen molar-refractivity contribution in [1.29, 1.82) is 0 Å². The predicted molar refractivity (Wildman–Crippen MR) is 199 cm³/mol. The normalized spacial score (nSPS) is 11.8. The number of pyridine rings is 1. The molecule has 0 radical (unpaired) electrons. The minimum Gasteiger partial charge on any atom is -0.438 e. The third-order valence-corrected chi connectivity index (χ3v) is 10.4. The van der Waals surface area contributed by atoms with Crippen LogP contribution >= 0.6 is 11.3 Å². The molecule has 0 aliphatic heterocycles. The summed E-state index contributed by atoms with van der Waals surface area (Å²) in [5.41, 5.74) is 8.29. The number of furan rings is 1. The molecule has 10 rings (SSSR count). The van der Waals surface area contributed by atoms with Crippen molar-refractivity contribution >= 4 is 64.4 Å². The highest BCUT2D eigenvalue weighted by molar-refractivity contribution is 7.26. The molecule has 0 aliphatic rings. The van der Waals surface area contributed by atoms with E-state index in [0.29, 0.717) is 11.5 Å². The topological polar surface area (TPSA) is 51.8 Å². The molecule has 5 heteroatoms. The molecule has 0 unspecified atom stereocenters. The summed E-state index contributed by atoms with van der Waals surface area (Å²) in [6.07, 6.45) is 0. The first kappa shape index (κ1) is 27.0. The van der Waals surface area contributed by atoms with E-state index in [4.69, 9.17) is 19.4 Å². The van der Waals surface area contributed by atoms with Crippen LogP contribution in [-0.4, -0.2) is 15.0 Å². The fourth-order valence-electron chi connectivity index (χ4n) is 6.86. The van der Waals surface area contributed by atoms with Crippen molar-refractivity contribution in [3.63, 3.8) is 0 Å². The zero-order valence-electron chi connectivity index (χ0n) is 25.6. The lowest BCUT2D eigenvalue weighted by Gasteiger charge is -2.11. The van der Waals surface area contributed by atoms with E-state index in [-0.39, 0.29) is 0 Å². The van der Waals surface area contributed by atoms with Crippen LogP contribution in [0, 0.1) is 0 Å². The van der Waals surface area contributed by atoms with Gasteiger partial charge in [0.1, 0.15) is 5.58 Å². The molecule has 4 aromatic heterocycles. The van der Waals surface area contributed by atoms with E-state index in [2.05, 4.69) is 115 Å². The molecule has 0 saturated heterocycles. The van der Waals surface area contributed by atoms with Gasteiger partial charge in [-0.05, 0) is 23.6 Å². The molecule has 0 N–H and O–H groups in total. The molecule has 4 heterocycles. The van der Waals surface area contributed by atoms with E-state index in [1.165, 1.54) is 20.2 Å². The minimum absolute atomic E-state index is 0.650. The van der Waals surface area contributed by atoms with E-state index in [1.54, 1.807) is 0 Å². The van der Waals surface area contributed by atoms with Gasteiger partial charge in [-0.1, -0.05) is 133 Å². The molecule has 0 aliphatic carbocycles. The Kier molecular flexibility index (Phi) is 6.01. The number of rotatable bonds is 4. The molecule has 48 heavy (non-hydrogen) atoms. The van der Waals surface area contributed by atoms with Gasteiger partial charge in [0.2, 0.25) is 5.71 Å². The number of nitrogens with zero attached hydrogens (tertiary/aromatic N) is 3.